The minimum atomic E-state index is -0.255. The second-order valence-corrected chi connectivity index (χ2v) is 9.43. The van der Waals surface area contributed by atoms with Crippen molar-refractivity contribution in [3.8, 4) is 17.2 Å². The van der Waals surface area contributed by atoms with Gasteiger partial charge in [0.2, 0.25) is 11.7 Å². The van der Waals surface area contributed by atoms with Gasteiger partial charge in [0, 0.05) is 61.9 Å². The molecule has 39 heavy (non-hydrogen) atoms. The quantitative estimate of drug-likeness (QED) is 0.327. The van der Waals surface area contributed by atoms with Gasteiger partial charge in [-0.3, -0.25) is 24.2 Å². The summed E-state index contributed by atoms with van der Waals surface area (Å²) in [5.74, 6) is 0.931. The molecule has 0 aromatic heterocycles. The molecule has 2 heterocycles. The number of imide groups is 1. The normalized spacial score (nSPS) is 15.8. The third kappa shape index (κ3) is 5.05. The second-order valence-electron chi connectivity index (χ2n) is 9.43. The number of piperazine rings is 1. The molecule has 0 radical (unpaired) electrons. The Bertz CT molecular complexity index is 1380. The number of carbonyl (C=O) groups excluding carboxylic acids is 3. The fourth-order valence-corrected chi connectivity index (χ4v) is 5.19. The zero-order valence-corrected chi connectivity index (χ0v) is 22.3. The Morgan fingerprint density at radius 2 is 1.41 bits per heavy atom. The van der Waals surface area contributed by atoms with Crippen molar-refractivity contribution in [2.75, 3.05) is 60.6 Å². The van der Waals surface area contributed by atoms with Crippen LogP contribution in [-0.2, 0) is 4.79 Å². The SMILES string of the molecule is COc1cc(C=CC(=O)N2CCN(CCN3C(=O)c4cccc5cccc(c45)C3=O)CC2)cc(OC)c1OC. The first-order valence-electron chi connectivity index (χ1n) is 12.8. The summed E-state index contributed by atoms with van der Waals surface area (Å²) in [6, 6.07) is 14.7. The molecule has 3 aromatic rings. The van der Waals surface area contributed by atoms with Gasteiger partial charge in [-0.1, -0.05) is 24.3 Å². The van der Waals surface area contributed by atoms with E-state index in [1.54, 1.807) is 62.6 Å². The summed E-state index contributed by atoms with van der Waals surface area (Å²) in [6.45, 7) is 3.29. The molecule has 1 fully saturated rings. The number of ether oxygens (including phenoxy) is 3. The maximum absolute atomic E-state index is 13.1. The fourth-order valence-electron chi connectivity index (χ4n) is 5.19. The molecular weight excluding hydrogens is 498 g/mol. The molecule has 5 rings (SSSR count). The predicted molar refractivity (Wildman–Crippen MR) is 147 cm³/mol. The van der Waals surface area contributed by atoms with Gasteiger partial charge in [0.15, 0.2) is 11.5 Å². The zero-order valence-electron chi connectivity index (χ0n) is 22.3. The van der Waals surface area contributed by atoms with Crippen LogP contribution in [-0.4, -0.2) is 93.0 Å². The van der Waals surface area contributed by atoms with E-state index in [1.165, 1.54) is 4.90 Å². The smallest absolute Gasteiger partial charge is 0.261 e. The molecular formula is C30H31N3O6. The highest BCUT2D eigenvalue weighted by Gasteiger charge is 2.33. The molecule has 2 aliphatic heterocycles. The largest absolute Gasteiger partial charge is 0.493 e. The number of amides is 3. The lowest BCUT2D eigenvalue weighted by atomic mass is 9.94. The Morgan fingerprint density at radius 3 is 1.95 bits per heavy atom. The van der Waals surface area contributed by atoms with Crippen LogP contribution in [0, 0.1) is 0 Å². The number of nitrogens with zero attached hydrogens (tertiary/aromatic N) is 3. The summed E-state index contributed by atoms with van der Waals surface area (Å²) in [4.78, 5) is 44.4. The molecule has 9 nitrogen and oxygen atoms in total. The van der Waals surface area contributed by atoms with E-state index in [-0.39, 0.29) is 17.7 Å². The van der Waals surface area contributed by atoms with Crippen LogP contribution in [0.1, 0.15) is 26.3 Å². The lowest BCUT2D eigenvalue weighted by molar-refractivity contribution is -0.127. The number of hydrogen-bond donors (Lipinski definition) is 0. The molecule has 3 amide bonds. The van der Waals surface area contributed by atoms with Crippen molar-refractivity contribution in [1.82, 2.24) is 14.7 Å². The molecule has 0 spiro atoms. The monoisotopic (exact) mass is 529 g/mol. The number of carbonyl (C=O) groups is 3. The van der Waals surface area contributed by atoms with Crippen molar-refractivity contribution in [3.63, 3.8) is 0 Å². The highest BCUT2D eigenvalue weighted by atomic mass is 16.5. The van der Waals surface area contributed by atoms with Gasteiger partial charge in [0.05, 0.1) is 21.3 Å². The fraction of sp³-hybridized carbons (Fsp3) is 0.300. The van der Waals surface area contributed by atoms with Crippen molar-refractivity contribution in [2.24, 2.45) is 0 Å². The molecule has 0 atom stereocenters. The van der Waals surface area contributed by atoms with Crippen LogP contribution in [0.4, 0.5) is 0 Å². The van der Waals surface area contributed by atoms with E-state index in [0.717, 1.165) is 16.3 Å². The summed E-state index contributed by atoms with van der Waals surface area (Å²) in [7, 11) is 4.64. The van der Waals surface area contributed by atoms with E-state index < -0.39 is 0 Å². The zero-order chi connectivity index (χ0) is 27.5. The van der Waals surface area contributed by atoms with E-state index in [9.17, 15) is 14.4 Å². The summed E-state index contributed by atoms with van der Waals surface area (Å²) in [5.41, 5.74) is 1.89. The Hall–Kier alpha value is -4.37. The summed E-state index contributed by atoms with van der Waals surface area (Å²) in [5, 5.41) is 1.63. The minimum absolute atomic E-state index is 0.0884. The van der Waals surface area contributed by atoms with Gasteiger partial charge >= 0.3 is 0 Å². The predicted octanol–water partition coefficient (Wildman–Crippen LogP) is 3.32. The molecule has 0 unspecified atom stereocenters. The molecule has 2 aliphatic rings. The first-order chi connectivity index (χ1) is 18.9. The molecule has 0 bridgehead atoms. The van der Waals surface area contributed by atoms with Gasteiger partial charge in [-0.25, -0.2) is 0 Å². The number of methoxy groups -OCH3 is 3. The van der Waals surface area contributed by atoms with E-state index in [1.807, 2.05) is 24.3 Å². The third-order valence-corrected chi connectivity index (χ3v) is 7.29. The van der Waals surface area contributed by atoms with Gasteiger partial charge in [0.25, 0.3) is 11.8 Å². The molecule has 3 aromatic carbocycles. The first kappa shape index (κ1) is 26.2. The molecule has 0 N–H and O–H groups in total. The van der Waals surface area contributed by atoms with Crippen LogP contribution < -0.4 is 14.2 Å². The van der Waals surface area contributed by atoms with E-state index in [2.05, 4.69) is 4.90 Å². The summed E-state index contributed by atoms with van der Waals surface area (Å²) in [6.07, 6.45) is 3.27. The maximum atomic E-state index is 13.1. The average molecular weight is 530 g/mol. The minimum Gasteiger partial charge on any atom is -0.493 e. The Labute approximate surface area is 227 Å². The van der Waals surface area contributed by atoms with Gasteiger partial charge in [-0.15, -0.1) is 0 Å². The van der Waals surface area contributed by atoms with Crippen molar-refractivity contribution < 1.29 is 28.6 Å². The lowest BCUT2D eigenvalue weighted by Gasteiger charge is -2.35. The standard InChI is InChI=1S/C30H31N3O6/c1-37-24-18-20(19-25(38-2)28(24)39-3)10-11-26(34)32-15-12-31(13-16-32)14-17-33-29(35)22-8-4-6-21-7-5-9-23(27(21)22)30(33)36/h4-11,18-19H,12-17H2,1-3H3. The number of hydrogen-bond acceptors (Lipinski definition) is 7. The van der Waals surface area contributed by atoms with Gasteiger partial charge < -0.3 is 19.1 Å². The van der Waals surface area contributed by atoms with Gasteiger partial charge in [-0.2, -0.15) is 0 Å². The molecule has 0 saturated carbocycles. The summed E-state index contributed by atoms with van der Waals surface area (Å²) >= 11 is 0. The summed E-state index contributed by atoms with van der Waals surface area (Å²) < 4.78 is 16.1. The van der Waals surface area contributed by atoms with Gasteiger partial charge in [-0.05, 0) is 41.3 Å². The van der Waals surface area contributed by atoms with Crippen LogP contribution in [0.15, 0.2) is 54.6 Å². The Morgan fingerprint density at radius 1 is 0.821 bits per heavy atom. The Kier molecular flexibility index (Phi) is 7.51. The number of rotatable bonds is 8. The third-order valence-electron chi connectivity index (χ3n) is 7.29. The lowest BCUT2D eigenvalue weighted by Crippen LogP contribution is -2.51. The highest BCUT2D eigenvalue weighted by molar-refractivity contribution is 6.25. The van der Waals surface area contributed by atoms with E-state index in [0.29, 0.717) is 67.6 Å². The van der Waals surface area contributed by atoms with Crippen molar-refractivity contribution in [2.45, 2.75) is 0 Å². The van der Waals surface area contributed by atoms with Crippen LogP contribution >= 0.6 is 0 Å². The van der Waals surface area contributed by atoms with Crippen LogP contribution in [0.25, 0.3) is 16.8 Å². The molecule has 202 valence electrons. The average Bonchev–Trinajstić information content (AvgIpc) is 2.98. The second kappa shape index (κ2) is 11.2. The molecule has 0 aliphatic carbocycles. The molecule has 9 heteroatoms. The van der Waals surface area contributed by atoms with Crippen LogP contribution in [0.3, 0.4) is 0 Å². The first-order valence-corrected chi connectivity index (χ1v) is 12.8. The number of benzene rings is 3. The van der Waals surface area contributed by atoms with Crippen LogP contribution in [0.5, 0.6) is 17.2 Å². The molecule has 1 saturated heterocycles. The topological polar surface area (TPSA) is 88.6 Å². The maximum Gasteiger partial charge on any atom is 0.261 e. The van der Waals surface area contributed by atoms with Crippen molar-refractivity contribution in [3.05, 3.63) is 71.3 Å². The van der Waals surface area contributed by atoms with Crippen molar-refractivity contribution in [1.29, 1.82) is 0 Å². The van der Waals surface area contributed by atoms with E-state index in [4.69, 9.17) is 14.2 Å². The highest BCUT2D eigenvalue weighted by Crippen LogP contribution is 2.38. The van der Waals surface area contributed by atoms with Crippen LogP contribution in [0.2, 0.25) is 0 Å². The Balaban J connectivity index is 1.17. The van der Waals surface area contributed by atoms with Crippen molar-refractivity contribution >= 4 is 34.6 Å². The van der Waals surface area contributed by atoms with Gasteiger partial charge in [0.1, 0.15) is 0 Å². The van der Waals surface area contributed by atoms with E-state index >= 15 is 0 Å².